The zero-order valence-corrected chi connectivity index (χ0v) is 11.1. The maximum absolute atomic E-state index is 12.4. The average Bonchev–Trinajstić information content (AvgIpc) is 3.10. The Labute approximate surface area is 116 Å². The molecule has 1 amide bonds. The lowest BCUT2D eigenvalue weighted by atomic mass is 10.0. The van der Waals surface area contributed by atoms with Gasteiger partial charge in [-0.2, -0.15) is 0 Å². The molecule has 2 aromatic rings. The third-order valence-electron chi connectivity index (χ3n) is 3.51. The van der Waals surface area contributed by atoms with Crippen molar-refractivity contribution < 1.29 is 9.21 Å². The number of hydrogen-bond acceptors (Lipinski definition) is 2. The van der Waals surface area contributed by atoms with E-state index in [1.165, 1.54) is 6.26 Å². The number of nitrogens with zero attached hydrogens (tertiary/aromatic N) is 1. The summed E-state index contributed by atoms with van der Waals surface area (Å²) in [6.07, 6.45) is 3.45. The molecule has 1 atom stereocenters. The van der Waals surface area contributed by atoms with Crippen LogP contribution in [0, 0.1) is 0 Å². The monoisotopic (exact) mass is 275 g/mol. The summed E-state index contributed by atoms with van der Waals surface area (Å²) in [6, 6.07) is 11.2. The first-order valence-electron chi connectivity index (χ1n) is 6.36. The number of amides is 1. The summed E-state index contributed by atoms with van der Waals surface area (Å²) in [7, 11) is 0. The second kappa shape index (κ2) is 5.10. The Bertz CT molecular complexity index is 580. The number of carbonyl (C=O) groups excluding carboxylic acids is 1. The molecule has 98 valence electrons. The molecule has 4 heteroatoms. The van der Waals surface area contributed by atoms with Gasteiger partial charge in [0.25, 0.3) is 5.91 Å². The fourth-order valence-corrected chi connectivity index (χ4v) is 2.88. The number of furan rings is 1. The van der Waals surface area contributed by atoms with Crippen molar-refractivity contribution in [2.45, 2.75) is 18.9 Å². The lowest BCUT2D eigenvalue weighted by Crippen LogP contribution is -2.30. The number of carbonyl (C=O) groups is 1. The van der Waals surface area contributed by atoms with Gasteiger partial charge in [0, 0.05) is 11.6 Å². The van der Waals surface area contributed by atoms with E-state index in [4.69, 9.17) is 16.0 Å². The van der Waals surface area contributed by atoms with Gasteiger partial charge in [0.05, 0.1) is 12.3 Å². The van der Waals surface area contributed by atoms with Gasteiger partial charge in [0.1, 0.15) is 0 Å². The van der Waals surface area contributed by atoms with Gasteiger partial charge in [-0.3, -0.25) is 4.79 Å². The number of benzene rings is 1. The van der Waals surface area contributed by atoms with E-state index in [0.717, 1.165) is 24.9 Å². The van der Waals surface area contributed by atoms with Crippen molar-refractivity contribution in [2.75, 3.05) is 6.54 Å². The predicted octanol–water partition coefficient (Wildman–Crippen LogP) is 3.91. The molecule has 3 nitrogen and oxygen atoms in total. The normalized spacial score (nSPS) is 18.8. The fraction of sp³-hybridized carbons (Fsp3) is 0.267. The Kier molecular flexibility index (Phi) is 3.30. The first-order valence-corrected chi connectivity index (χ1v) is 6.74. The quantitative estimate of drug-likeness (QED) is 0.832. The van der Waals surface area contributed by atoms with Crippen molar-refractivity contribution in [2.24, 2.45) is 0 Å². The van der Waals surface area contributed by atoms with Crippen LogP contribution in [0.15, 0.2) is 47.1 Å². The number of halogens is 1. The molecule has 0 unspecified atom stereocenters. The summed E-state index contributed by atoms with van der Waals surface area (Å²) in [5.74, 6) is 0.325. The molecule has 0 aliphatic carbocycles. The molecule has 1 aromatic heterocycles. The number of hydrogen-bond donors (Lipinski definition) is 0. The summed E-state index contributed by atoms with van der Waals surface area (Å²) in [4.78, 5) is 14.2. The standard InChI is InChI=1S/C15H14ClNO2/c16-12-6-2-1-5-11(12)13-7-3-9-17(13)15(18)14-8-4-10-19-14/h1-2,4-6,8,10,13H,3,7,9H2/t13-/m1/s1. The van der Waals surface area contributed by atoms with Crippen LogP contribution in [0.4, 0.5) is 0 Å². The predicted molar refractivity (Wildman–Crippen MR) is 73.2 cm³/mol. The topological polar surface area (TPSA) is 33.5 Å². The maximum Gasteiger partial charge on any atom is 0.290 e. The number of likely N-dealkylation sites (tertiary alicyclic amines) is 1. The highest BCUT2D eigenvalue weighted by Crippen LogP contribution is 2.36. The molecule has 1 aliphatic rings. The van der Waals surface area contributed by atoms with Crippen LogP contribution < -0.4 is 0 Å². The molecule has 0 spiro atoms. The van der Waals surface area contributed by atoms with Crippen LogP contribution in [0.5, 0.6) is 0 Å². The Hall–Kier alpha value is -1.74. The lowest BCUT2D eigenvalue weighted by molar-refractivity contribution is 0.0703. The minimum Gasteiger partial charge on any atom is -0.459 e. The van der Waals surface area contributed by atoms with Crippen LogP contribution in [0.3, 0.4) is 0 Å². The number of rotatable bonds is 2. The molecule has 1 saturated heterocycles. The Morgan fingerprint density at radius 1 is 1.26 bits per heavy atom. The van der Waals surface area contributed by atoms with Crippen molar-refractivity contribution in [3.05, 3.63) is 59.0 Å². The molecule has 1 fully saturated rings. The first kappa shape index (κ1) is 12.3. The lowest BCUT2D eigenvalue weighted by Gasteiger charge is -2.24. The smallest absolute Gasteiger partial charge is 0.290 e. The van der Waals surface area contributed by atoms with E-state index in [1.54, 1.807) is 12.1 Å². The Morgan fingerprint density at radius 3 is 2.84 bits per heavy atom. The van der Waals surface area contributed by atoms with Crippen LogP contribution in [0.1, 0.15) is 35.0 Å². The van der Waals surface area contributed by atoms with Gasteiger partial charge in [-0.05, 0) is 36.6 Å². The Morgan fingerprint density at radius 2 is 2.11 bits per heavy atom. The second-order valence-electron chi connectivity index (χ2n) is 4.66. The molecule has 3 rings (SSSR count). The van der Waals surface area contributed by atoms with Crippen LogP contribution >= 0.6 is 11.6 Å². The van der Waals surface area contributed by atoms with Crippen LogP contribution in [0.2, 0.25) is 5.02 Å². The maximum atomic E-state index is 12.4. The molecule has 19 heavy (non-hydrogen) atoms. The highest BCUT2D eigenvalue weighted by atomic mass is 35.5. The second-order valence-corrected chi connectivity index (χ2v) is 5.06. The first-order chi connectivity index (χ1) is 9.27. The summed E-state index contributed by atoms with van der Waals surface area (Å²) in [5.41, 5.74) is 1.02. The van der Waals surface area contributed by atoms with Crippen LogP contribution in [0.25, 0.3) is 0 Å². The van der Waals surface area contributed by atoms with Crippen LogP contribution in [-0.4, -0.2) is 17.4 Å². The van der Waals surface area contributed by atoms with Crippen LogP contribution in [-0.2, 0) is 0 Å². The van der Waals surface area contributed by atoms with Gasteiger partial charge in [0.15, 0.2) is 5.76 Å². The molecule has 2 heterocycles. The average molecular weight is 276 g/mol. The molecule has 0 bridgehead atoms. The van der Waals surface area contributed by atoms with E-state index in [1.807, 2.05) is 29.2 Å². The van der Waals surface area contributed by atoms with E-state index in [-0.39, 0.29) is 11.9 Å². The van der Waals surface area contributed by atoms with Crippen molar-refractivity contribution in [1.82, 2.24) is 4.90 Å². The van der Waals surface area contributed by atoms with Gasteiger partial charge in [-0.1, -0.05) is 29.8 Å². The molecular weight excluding hydrogens is 262 g/mol. The van der Waals surface area contributed by atoms with E-state index in [2.05, 4.69) is 0 Å². The van der Waals surface area contributed by atoms with E-state index >= 15 is 0 Å². The van der Waals surface area contributed by atoms with Crippen molar-refractivity contribution in [3.8, 4) is 0 Å². The molecule has 1 aliphatic heterocycles. The minimum absolute atomic E-state index is 0.0475. The molecular formula is C15H14ClNO2. The molecule has 1 aromatic carbocycles. The molecule has 0 N–H and O–H groups in total. The van der Waals surface area contributed by atoms with Crippen molar-refractivity contribution in [1.29, 1.82) is 0 Å². The third kappa shape index (κ3) is 2.26. The van der Waals surface area contributed by atoms with Gasteiger partial charge >= 0.3 is 0 Å². The van der Waals surface area contributed by atoms with Gasteiger partial charge in [-0.15, -0.1) is 0 Å². The largest absolute Gasteiger partial charge is 0.459 e. The van der Waals surface area contributed by atoms with Crippen molar-refractivity contribution in [3.63, 3.8) is 0 Å². The summed E-state index contributed by atoms with van der Waals surface area (Å²) < 4.78 is 5.20. The summed E-state index contributed by atoms with van der Waals surface area (Å²) in [6.45, 7) is 0.745. The minimum atomic E-state index is -0.0626. The van der Waals surface area contributed by atoms with Gasteiger partial charge in [0.2, 0.25) is 0 Å². The molecule has 0 saturated carbocycles. The highest BCUT2D eigenvalue weighted by molar-refractivity contribution is 6.31. The fourth-order valence-electron chi connectivity index (χ4n) is 2.62. The highest BCUT2D eigenvalue weighted by Gasteiger charge is 2.32. The van der Waals surface area contributed by atoms with Crippen molar-refractivity contribution >= 4 is 17.5 Å². The van der Waals surface area contributed by atoms with Gasteiger partial charge < -0.3 is 9.32 Å². The van der Waals surface area contributed by atoms with E-state index in [0.29, 0.717) is 10.8 Å². The van der Waals surface area contributed by atoms with E-state index in [9.17, 15) is 4.79 Å². The summed E-state index contributed by atoms with van der Waals surface area (Å²) >= 11 is 6.24. The summed E-state index contributed by atoms with van der Waals surface area (Å²) in [5, 5.41) is 0.714. The SMILES string of the molecule is O=C(c1ccco1)N1CCC[C@@H]1c1ccccc1Cl. The van der Waals surface area contributed by atoms with E-state index < -0.39 is 0 Å². The Balaban J connectivity index is 1.90. The third-order valence-corrected chi connectivity index (χ3v) is 3.85. The van der Waals surface area contributed by atoms with Gasteiger partial charge in [-0.25, -0.2) is 0 Å². The molecule has 0 radical (unpaired) electrons. The zero-order chi connectivity index (χ0) is 13.2. The zero-order valence-electron chi connectivity index (χ0n) is 10.4.